The molecule has 0 aliphatic rings. The number of hydrogen-bond donors (Lipinski definition) is 0. The normalized spacial score (nSPS) is 11.2. The summed E-state index contributed by atoms with van der Waals surface area (Å²) in [5.41, 5.74) is 4.25. The van der Waals surface area contributed by atoms with Crippen molar-refractivity contribution in [1.82, 2.24) is 0 Å². The van der Waals surface area contributed by atoms with Crippen molar-refractivity contribution in [3.05, 3.63) is 76.9 Å². The first-order chi connectivity index (χ1) is 9.58. The van der Waals surface area contributed by atoms with Crippen LogP contribution in [0, 0.1) is 6.92 Å². The molecule has 1 heteroatoms. The van der Waals surface area contributed by atoms with Gasteiger partial charge < -0.3 is 0 Å². The van der Waals surface area contributed by atoms with Crippen molar-refractivity contribution in [2.24, 2.45) is 0 Å². The van der Waals surface area contributed by atoms with Crippen molar-refractivity contribution in [1.29, 1.82) is 0 Å². The Kier molecular flexibility index (Phi) is 4.52. The Morgan fingerprint density at radius 3 is 2.25 bits per heavy atom. The number of benzene rings is 2. The van der Waals surface area contributed by atoms with E-state index in [0.717, 1.165) is 11.1 Å². The van der Waals surface area contributed by atoms with Crippen LogP contribution < -0.4 is 0 Å². The lowest BCUT2D eigenvalue weighted by Crippen LogP contribution is -1.95. The van der Waals surface area contributed by atoms with Gasteiger partial charge in [0.1, 0.15) is 0 Å². The molecule has 0 radical (unpaired) electrons. The number of carbonyl (C=O) groups excluding carboxylic acids is 1. The molecule has 0 aromatic heterocycles. The van der Waals surface area contributed by atoms with E-state index in [0.29, 0.717) is 5.92 Å². The number of ketones is 1. The Bertz CT molecular complexity index is 618. The number of rotatable bonds is 4. The maximum absolute atomic E-state index is 12.1. The summed E-state index contributed by atoms with van der Waals surface area (Å²) in [7, 11) is 0. The van der Waals surface area contributed by atoms with Gasteiger partial charge in [0, 0.05) is 5.56 Å². The van der Waals surface area contributed by atoms with Gasteiger partial charge in [-0.3, -0.25) is 4.79 Å². The van der Waals surface area contributed by atoms with Crippen LogP contribution in [0.15, 0.2) is 54.6 Å². The Balaban J connectivity index is 2.14. The van der Waals surface area contributed by atoms with Crippen LogP contribution in [-0.2, 0) is 0 Å². The molecule has 0 aliphatic heterocycles. The van der Waals surface area contributed by atoms with Crippen molar-refractivity contribution in [2.75, 3.05) is 0 Å². The fourth-order valence-corrected chi connectivity index (χ4v) is 2.07. The molecule has 0 amide bonds. The third kappa shape index (κ3) is 3.45. The van der Waals surface area contributed by atoms with Crippen LogP contribution in [0.1, 0.15) is 46.8 Å². The van der Waals surface area contributed by atoms with Gasteiger partial charge in [-0.25, -0.2) is 0 Å². The summed E-state index contributed by atoms with van der Waals surface area (Å²) >= 11 is 0. The Labute approximate surface area is 121 Å². The topological polar surface area (TPSA) is 17.1 Å². The van der Waals surface area contributed by atoms with Crippen LogP contribution in [-0.4, -0.2) is 5.78 Å². The summed E-state index contributed by atoms with van der Waals surface area (Å²) in [6.07, 6.45) is 3.53. The van der Waals surface area contributed by atoms with Gasteiger partial charge >= 0.3 is 0 Å². The first kappa shape index (κ1) is 14.3. The largest absolute Gasteiger partial charge is 0.289 e. The fourth-order valence-electron chi connectivity index (χ4n) is 2.07. The zero-order valence-electron chi connectivity index (χ0n) is 12.3. The van der Waals surface area contributed by atoms with E-state index < -0.39 is 0 Å². The summed E-state index contributed by atoms with van der Waals surface area (Å²) in [5.74, 6) is 0.533. The van der Waals surface area contributed by atoms with Gasteiger partial charge in [-0.15, -0.1) is 0 Å². The molecule has 0 saturated heterocycles. The third-order valence-electron chi connectivity index (χ3n) is 3.46. The Hall–Kier alpha value is -2.15. The minimum absolute atomic E-state index is 0.0450. The summed E-state index contributed by atoms with van der Waals surface area (Å²) in [4.78, 5) is 12.1. The second kappa shape index (κ2) is 6.33. The first-order valence-corrected chi connectivity index (χ1v) is 6.96. The van der Waals surface area contributed by atoms with E-state index in [9.17, 15) is 4.79 Å². The maximum atomic E-state index is 12.1. The van der Waals surface area contributed by atoms with Crippen LogP contribution in [0.4, 0.5) is 0 Å². The van der Waals surface area contributed by atoms with Gasteiger partial charge in [0.2, 0.25) is 0 Å². The molecule has 0 aliphatic carbocycles. The maximum Gasteiger partial charge on any atom is 0.185 e. The van der Waals surface area contributed by atoms with E-state index in [1.807, 2.05) is 61.5 Å². The van der Waals surface area contributed by atoms with E-state index in [2.05, 4.69) is 13.8 Å². The average molecular weight is 264 g/mol. The van der Waals surface area contributed by atoms with Crippen molar-refractivity contribution >= 4 is 11.9 Å². The molecule has 0 heterocycles. The molecule has 0 fully saturated rings. The van der Waals surface area contributed by atoms with Crippen LogP contribution in [0.5, 0.6) is 0 Å². The van der Waals surface area contributed by atoms with E-state index in [-0.39, 0.29) is 5.78 Å². The lowest BCUT2D eigenvalue weighted by molar-refractivity contribution is 0.104. The summed E-state index contributed by atoms with van der Waals surface area (Å²) in [5, 5.41) is 0. The number of aryl methyl sites for hydroxylation is 1. The highest BCUT2D eigenvalue weighted by Crippen LogP contribution is 2.16. The van der Waals surface area contributed by atoms with Gasteiger partial charge in [-0.1, -0.05) is 68.5 Å². The molecule has 1 nitrogen and oxygen atoms in total. The molecule has 0 bridgehead atoms. The smallest absolute Gasteiger partial charge is 0.185 e. The summed E-state index contributed by atoms with van der Waals surface area (Å²) in [6, 6.07) is 15.9. The van der Waals surface area contributed by atoms with Gasteiger partial charge in [0.25, 0.3) is 0 Å². The summed E-state index contributed by atoms with van der Waals surface area (Å²) < 4.78 is 0. The van der Waals surface area contributed by atoms with E-state index in [1.54, 1.807) is 6.08 Å². The average Bonchev–Trinajstić information content (AvgIpc) is 2.46. The predicted molar refractivity (Wildman–Crippen MR) is 85.1 cm³/mol. The first-order valence-electron chi connectivity index (χ1n) is 6.96. The highest BCUT2D eigenvalue weighted by molar-refractivity contribution is 6.06. The third-order valence-corrected chi connectivity index (χ3v) is 3.46. The van der Waals surface area contributed by atoms with Crippen LogP contribution >= 0.6 is 0 Å². The van der Waals surface area contributed by atoms with Crippen molar-refractivity contribution in [2.45, 2.75) is 26.7 Å². The SMILES string of the molecule is Cc1ccccc1/C=C/C(=O)c1ccc(C(C)C)cc1. The van der Waals surface area contributed by atoms with E-state index >= 15 is 0 Å². The van der Waals surface area contributed by atoms with Gasteiger partial charge in [-0.2, -0.15) is 0 Å². The van der Waals surface area contributed by atoms with Gasteiger partial charge in [0.05, 0.1) is 0 Å². The van der Waals surface area contributed by atoms with Crippen molar-refractivity contribution in [3.8, 4) is 0 Å². The highest BCUT2D eigenvalue weighted by Gasteiger charge is 2.03. The molecule has 0 saturated carbocycles. The lowest BCUT2D eigenvalue weighted by Gasteiger charge is -2.05. The molecule has 2 aromatic carbocycles. The standard InChI is InChI=1S/C19H20O/c1-14(2)16-8-10-18(11-9-16)19(20)13-12-17-7-5-4-6-15(17)3/h4-14H,1-3H3/b13-12+. The Morgan fingerprint density at radius 1 is 1.00 bits per heavy atom. The second-order valence-electron chi connectivity index (χ2n) is 5.33. The molecule has 0 atom stereocenters. The second-order valence-corrected chi connectivity index (χ2v) is 5.33. The molecule has 0 spiro atoms. The number of allylic oxidation sites excluding steroid dienone is 1. The minimum Gasteiger partial charge on any atom is -0.289 e. The zero-order chi connectivity index (χ0) is 14.5. The Morgan fingerprint density at radius 2 is 1.65 bits per heavy atom. The lowest BCUT2D eigenvalue weighted by atomic mass is 10.00. The molecular formula is C19H20O. The highest BCUT2D eigenvalue weighted by atomic mass is 16.1. The molecule has 2 rings (SSSR count). The van der Waals surface area contributed by atoms with Crippen LogP contribution in [0.25, 0.3) is 6.08 Å². The van der Waals surface area contributed by atoms with Gasteiger partial charge in [0.15, 0.2) is 5.78 Å². The van der Waals surface area contributed by atoms with Crippen molar-refractivity contribution < 1.29 is 4.79 Å². The predicted octanol–water partition coefficient (Wildman–Crippen LogP) is 5.01. The molecular weight excluding hydrogens is 244 g/mol. The van der Waals surface area contributed by atoms with E-state index in [4.69, 9.17) is 0 Å². The molecule has 0 N–H and O–H groups in total. The molecule has 102 valence electrons. The summed E-state index contributed by atoms with van der Waals surface area (Å²) in [6.45, 7) is 6.34. The number of hydrogen-bond acceptors (Lipinski definition) is 1. The zero-order valence-corrected chi connectivity index (χ0v) is 12.3. The molecule has 2 aromatic rings. The monoisotopic (exact) mass is 264 g/mol. The van der Waals surface area contributed by atoms with Crippen LogP contribution in [0.3, 0.4) is 0 Å². The van der Waals surface area contributed by atoms with Gasteiger partial charge in [-0.05, 0) is 35.6 Å². The fraction of sp³-hybridized carbons (Fsp3) is 0.211. The van der Waals surface area contributed by atoms with E-state index in [1.165, 1.54) is 11.1 Å². The quantitative estimate of drug-likeness (QED) is 0.560. The minimum atomic E-state index is 0.0450. The molecule has 0 unspecified atom stereocenters. The van der Waals surface area contributed by atoms with Crippen molar-refractivity contribution in [3.63, 3.8) is 0 Å². The van der Waals surface area contributed by atoms with Crippen LogP contribution in [0.2, 0.25) is 0 Å². The number of carbonyl (C=O) groups is 1. The molecule has 20 heavy (non-hydrogen) atoms.